The highest BCUT2D eigenvalue weighted by molar-refractivity contribution is 4.64. The van der Waals surface area contributed by atoms with Gasteiger partial charge in [0, 0.05) is 39.6 Å². The van der Waals surface area contributed by atoms with Crippen LogP contribution >= 0.6 is 0 Å². The van der Waals surface area contributed by atoms with Gasteiger partial charge in [-0.1, -0.05) is 0 Å². The molecule has 1 fully saturated rings. The Balaban J connectivity index is 2.25. The zero-order chi connectivity index (χ0) is 18.0. The average Bonchev–Trinajstić information content (AvgIpc) is 2.63. The standard InChI is InChI=1S/C16H34N2O7/c17-18-16(19)15-14-24-13-12-23-7-2-6-22-11-10-21-5-1-4-20-8-3-9-25-15/h15-16,18-19H,1-14,17H2. The zero-order valence-corrected chi connectivity index (χ0v) is 15.0. The lowest BCUT2D eigenvalue weighted by molar-refractivity contribution is -0.0976. The minimum absolute atomic E-state index is 0.232. The number of nitrogens with one attached hydrogen (secondary N) is 1. The van der Waals surface area contributed by atoms with Crippen LogP contribution in [0, 0.1) is 0 Å². The van der Waals surface area contributed by atoms with Crippen LogP contribution in [0.2, 0.25) is 0 Å². The Kier molecular flexibility index (Phi) is 15.5. The minimum Gasteiger partial charge on any atom is -0.381 e. The van der Waals surface area contributed by atoms with Gasteiger partial charge in [-0.05, 0) is 19.3 Å². The molecule has 0 aliphatic carbocycles. The summed E-state index contributed by atoms with van der Waals surface area (Å²) in [6, 6.07) is 0. The molecular formula is C16H34N2O7. The number of aliphatic hydroxyl groups is 1. The Morgan fingerprint density at radius 3 is 1.64 bits per heavy atom. The van der Waals surface area contributed by atoms with Crippen LogP contribution in [0.4, 0.5) is 0 Å². The maximum Gasteiger partial charge on any atom is 0.145 e. The van der Waals surface area contributed by atoms with Crippen LogP contribution in [0.1, 0.15) is 19.3 Å². The molecule has 2 unspecified atom stereocenters. The first-order valence-corrected chi connectivity index (χ1v) is 8.99. The lowest BCUT2D eigenvalue weighted by Crippen LogP contribution is -2.47. The predicted octanol–water partition coefficient (Wildman–Crippen LogP) is -0.580. The summed E-state index contributed by atoms with van der Waals surface area (Å²) in [6.45, 7) is 5.97. The Morgan fingerprint density at radius 1 is 0.680 bits per heavy atom. The molecule has 1 heterocycles. The van der Waals surface area contributed by atoms with Gasteiger partial charge >= 0.3 is 0 Å². The number of hydrazine groups is 1. The monoisotopic (exact) mass is 366 g/mol. The number of ether oxygens (including phenoxy) is 6. The van der Waals surface area contributed by atoms with E-state index in [1.807, 2.05) is 0 Å². The van der Waals surface area contributed by atoms with E-state index in [9.17, 15) is 5.11 Å². The molecule has 0 aromatic rings. The van der Waals surface area contributed by atoms with Crippen molar-refractivity contribution in [1.29, 1.82) is 0 Å². The topological polar surface area (TPSA) is 114 Å². The fourth-order valence-electron chi connectivity index (χ4n) is 2.10. The van der Waals surface area contributed by atoms with Crippen LogP contribution in [0.3, 0.4) is 0 Å². The molecule has 0 radical (unpaired) electrons. The Bertz CT molecular complexity index is 265. The second-order valence-corrected chi connectivity index (χ2v) is 5.61. The van der Waals surface area contributed by atoms with Gasteiger partial charge in [0.15, 0.2) is 0 Å². The van der Waals surface area contributed by atoms with Crippen LogP contribution in [0.15, 0.2) is 0 Å². The van der Waals surface area contributed by atoms with Crippen LogP contribution < -0.4 is 11.3 Å². The van der Waals surface area contributed by atoms with Crippen molar-refractivity contribution in [2.24, 2.45) is 5.84 Å². The van der Waals surface area contributed by atoms with E-state index in [0.717, 1.165) is 19.3 Å². The van der Waals surface area contributed by atoms with Crippen LogP contribution in [-0.4, -0.2) is 90.1 Å². The van der Waals surface area contributed by atoms with Gasteiger partial charge in [0.25, 0.3) is 0 Å². The summed E-state index contributed by atoms with van der Waals surface area (Å²) < 4.78 is 33.0. The molecular weight excluding hydrogens is 332 g/mol. The molecule has 0 saturated carbocycles. The van der Waals surface area contributed by atoms with Gasteiger partial charge in [-0.3, -0.25) is 5.84 Å². The molecule has 9 heteroatoms. The van der Waals surface area contributed by atoms with Gasteiger partial charge in [-0.2, -0.15) is 0 Å². The van der Waals surface area contributed by atoms with Crippen molar-refractivity contribution in [3.63, 3.8) is 0 Å². The third-order valence-corrected chi connectivity index (χ3v) is 3.47. The van der Waals surface area contributed by atoms with Gasteiger partial charge in [0.05, 0.1) is 33.0 Å². The maximum atomic E-state index is 9.79. The lowest BCUT2D eigenvalue weighted by atomic mass is 10.3. The molecule has 1 aliphatic rings. The van der Waals surface area contributed by atoms with Crippen molar-refractivity contribution >= 4 is 0 Å². The Morgan fingerprint density at radius 2 is 1.12 bits per heavy atom. The van der Waals surface area contributed by atoms with E-state index in [1.54, 1.807) is 0 Å². The molecule has 150 valence electrons. The summed E-state index contributed by atoms with van der Waals surface area (Å²) in [7, 11) is 0. The van der Waals surface area contributed by atoms with E-state index in [4.69, 9.17) is 34.3 Å². The fourth-order valence-corrected chi connectivity index (χ4v) is 2.10. The number of hydrogen-bond acceptors (Lipinski definition) is 9. The van der Waals surface area contributed by atoms with Crippen molar-refractivity contribution in [3.05, 3.63) is 0 Å². The minimum atomic E-state index is -0.988. The third-order valence-electron chi connectivity index (χ3n) is 3.47. The number of nitrogens with two attached hydrogens (primary N) is 1. The smallest absolute Gasteiger partial charge is 0.145 e. The summed E-state index contributed by atoms with van der Waals surface area (Å²) in [5.74, 6) is 5.27. The van der Waals surface area contributed by atoms with Crippen molar-refractivity contribution in [3.8, 4) is 0 Å². The molecule has 0 spiro atoms. The Labute approximate surface area is 150 Å². The summed E-state index contributed by atoms with van der Waals surface area (Å²) in [5.41, 5.74) is 2.28. The highest BCUT2D eigenvalue weighted by Gasteiger charge is 2.18. The number of rotatable bonds is 2. The molecule has 4 N–H and O–H groups in total. The van der Waals surface area contributed by atoms with Crippen molar-refractivity contribution < 1.29 is 33.5 Å². The van der Waals surface area contributed by atoms with Crippen molar-refractivity contribution in [1.82, 2.24) is 5.43 Å². The molecule has 9 nitrogen and oxygen atoms in total. The number of aliphatic hydroxyl groups excluding tert-OH is 1. The third kappa shape index (κ3) is 13.5. The van der Waals surface area contributed by atoms with E-state index in [0.29, 0.717) is 66.1 Å². The maximum absolute atomic E-state index is 9.79. The van der Waals surface area contributed by atoms with Crippen LogP contribution in [0.5, 0.6) is 0 Å². The van der Waals surface area contributed by atoms with Gasteiger partial charge < -0.3 is 33.5 Å². The highest BCUT2D eigenvalue weighted by atomic mass is 16.6. The SMILES string of the molecule is NNC(O)C1COCCOCCCOCCOCCCOCCCO1. The second-order valence-electron chi connectivity index (χ2n) is 5.61. The van der Waals surface area contributed by atoms with Gasteiger partial charge in [-0.15, -0.1) is 0 Å². The second kappa shape index (κ2) is 17.1. The molecule has 0 aromatic heterocycles. The fraction of sp³-hybridized carbons (Fsp3) is 1.00. The van der Waals surface area contributed by atoms with E-state index >= 15 is 0 Å². The molecule has 1 saturated heterocycles. The quantitative estimate of drug-likeness (QED) is 0.335. The zero-order valence-electron chi connectivity index (χ0n) is 15.0. The number of hydrogen-bond donors (Lipinski definition) is 3. The van der Waals surface area contributed by atoms with Gasteiger partial charge in [0.2, 0.25) is 0 Å². The molecule has 1 rings (SSSR count). The van der Waals surface area contributed by atoms with Gasteiger partial charge in [-0.25, -0.2) is 5.43 Å². The van der Waals surface area contributed by atoms with Crippen LogP contribution in [0.25, 0.3) is 0 Å². The van der Waals surface area contributed by atoms with E-state index < -0.39 is 12.3 Å². The molecule has 0 aromatic carbocycles. The largest absolute Gasteiger partial charge is 0.381 e. The summed E-state index contributed by atoms with van der Waals surface area (Å²) in [4.78, 5) is 0. The van der Waals surface area contributed by atoms with E-state index in [-0.39, 0.29) is 6.61 Å². The molecule has 0 amide bonds. The summed E-state index contributed by atoms with van der Waals surface area (Å²) >= 11 is 0. The average molecular weight is 366 g/mol. The highest BCUT2D eigenvalue weighted by Crippen LogP contribution is 2.00. The van der Waals surface area contributed by atoms with E-state index in [1.165, 1.54) is 0 Å². The van der Waals surface area contributed by atoms with E-state index in [2.05, 4.69) is 5.43 Å². The molecule has 0 bridgehead atoms. The summed E-state index contributed by atoms with van der Waals surface area (Å²) in [6.07, 6.45) is 0.876. The van der Waals surface area contributed by atoms with Crippen molar-refractivity contribution in [2.75, 3.05) is 72.7 Å². The lowest BCUT2D eigenvalue weighted by Gasteiger charge is -2.22. The predicted molar refractivity (Wildman–Crippen MR) is 91.0 cm³/mol. The van der Waals surface area contributed by atoms with Crippen LogP contribution in [-0.2, 0) is 28.4 Å². The molecule has 2 atom stereocenters. The first-order valence-electron chi connectivity index (χ1n) is 8.99. The van der Waals surface area contributed by atoms with Crippen molar-refractivity contribution in [2.45, 2.75) is 31.6 Å². The first-order chi connectivity index (χ1) is 12.3. The van der Waals surface area contributed by atoms with Gasteiger partial charge in [0.1, 0.15) is 12.3 Å². The molecule has 25 heavy (non-hydrogen) atoms. The summed E-state index contributed by atoms with van der Waals surface area (Å²) in [5, 5.41) is 9.79. The Hall–Kier alpha value is -0.360. The normalized spacial score (nSPS) is 26.4. The molecule has 1 aliphatic heterocycles. The first kappa shape index (κ1) is 22.7.